The summed E-state index contributed by atoms with van der Waals surface area (Å²) in [5, 5.41) is 9.65. The van der Waals surface area contributed by atoms with Crippen LogP contribution in [0.1, 0.15) is 77.6 Å². The molecule has 66 heavy (non-hydrogen) atoms. The van der Waals surface area contributed by atoms with Crippen LogP contribution in [-0.4, -0.2) is 11.8 Å². The van der Waals surface area contributed by atoms with Gasteiger partial charge in [-0.1, -0.05) is 158 Å². The van der Waals surface area contributed by atoms with Crippen LogP contribution in [0, 0.1) is 0 Å². The van der Waals surface area contributed by atoms with Crippen molar-refractivity contribution in [3.05, 3.63) is 174 Å². The maximum atomic E-state index is 7.23. The molecule has 4 nitrogen and oxygen atoms in total. The van der Waals surface area contributed by atoms with Gasteiger partial charge >= 0.3 is 0 Å². The van der Waals surface area contributed by atoms with Crippen LogP contribution in [0.2, 0.25) is 0 Å². The molecule has 5 heteroatoms. The molecule has 0 unspecified atom stereocenters. The van der Waals surface area contributed by atoms with Crippen molar-refractivity contribution >= 4 is 84.3 Å². The van der Waals surface area contributed by atoms with Crippen LogP contribution < -0.4 is 16.2 Å². The van der Waals surface area contributed by atoms with Crippen molar-refractivity contribution in [2.75, 3.05) is 5.32 Å². The van der Waals surface area contributed by atoms with E-state index in [1.54, 1.807) is 0 Å². The summed E-state index contributed by atoms with van der Waals surface area (Å²) in [5.74, 6) is 0.861. The minimum Gasteiger partial charge on any atom is -0.456 e. The second-order valence-corrected chi connectivity index (χ2v) is 21.3. The zero-order valence-corrected chi connectivity index (χ0v) is 38.8. The van der Waals surface area contributed by atoms with E-state index >= 15 is 0 Å². The van der Waals surface area contributed by atoms with Gasteiger partial charge in [0.1, 0.15) is 22.5 Å². The van der Waals surface area contributed by atoms with Gasteiger partial charge in [-0.05, 0) is 104 Å². The van der Waals surface area contributed by atoms with Crippen LogP contribution in [0.5, 0.6) is 0 Å². The first-order valence-electron chi connectivity index (χ1n) is 23.3. The first-order chi connectivity index (χ1) is 31.7. The van der Waals surface area contributed by atoms with Crippen molar-refractivity contribution in [3.8, 4) is 39.3 Å². The summed E-state index contributed by atoms with van der Waals surface area (Å²) >= 11 is 0. The van der Waals surface area contributed by atoms with Gasteiger partial charge in [-0.3, -0.25) is 0 Å². The van der Waals surface area contributed by atoms with Gasteiger partial charge in [-0.25, -0.2) is 0 Å². The van der Waals surface area contributed by atoms with Gasteiger partial charge in [0.15, 0.2) is 7.28 Å². The number of nitrogens with one attached hydrogen (secondary N) is 1. The lowest BCUT2D eigenvalue weighted by molar-refractivity contribution is 0.590. The molecular weight excluding hydrogens is 803 g/mol. The fourth-order valence-corrected chi connectivity index (χ4v) is 11.2. The van der Waals surface area contributed by atoms with Gasteiger partial charge < -0.3 is 18.7 Å². The summed E-state index contributed by atoms with van der Waals surface area (Å²) < 4.78 is 16.4. The summed E-state index contributed by atoms with van der Waals surface area (Å²) in [4.78, 5) is 0. The Bertz CT molecular complexity index is 3850. The molecule has 0 saturated heterocycles. The van der Waals surface area contributed by atoms with E-state index in [4.69, 9.17) is 8.83 Å². The normalized spacial score (nSPS) is 14.0. The summed E-state index contributed by atoms with van der Waals surface area (Å²) in [5.41, 5.74) is 21.4. The molecule has 0 amide bonds. The van der Waals surface area contributed by atoms with Gasteiger partial charge in [-0.2, -0.15) is 0 Å². The summed E-state index contributed by atoms with van der Waals surface area (Å²) in [7, 11) is 2.44. The molecule has 1 aliphatic carbocycles. The third-order valence-corrected chi connectivity index (χ3v) is 14.7. The van der Waals surface area contributed by atoms with E-state index < -0.39 is 0 Å². The molecule has 0 atom stereocenters. The third-order valence-electron chi connectivity index (χ3n) is 14.7. The molecule has 1 aliphatic heterocycles. The molecule has 1 N–H and O–H groups in total. The quantitative estimate of drug-likeness (QED) is 0.179. The number of hydrogen-bond acceptors (Lipinski definition) is 3. The predicted molar refractivity (Wildman–Crippen MR) is 278 cm³/mol. The molecule has 0 spiro atoms. The highest BCUT2D eigenvalue weighted by Crippen LogP contribution is 2.54. The van der Waals surface area contributed by atoms with Crippen molar-refractivity contribution in [1.29, 1.82) is 0 Å². The number of fused-ring (bicyclic) bond motifs is 13. The summed E-state index contributed by atoms with van der Waals surface area (Å²) in [6.07, 6.45) is 0. The Morgan fingerprint density at radius 3 is 2.09 bits per heavy atom. The highest BCUT2D eigenvalue weighted by atomic mass is 16.3. The maximum Gasteiger partial charge on any atom is 0.197 e. The van der Waals surface area contributed by atoms with Crippen molar-refractivity contribution < 1.29 is 8.83 Å². The number of benzene rings is 8. The molecule has 0 saturated carbocycles. The average Bonchev–Trinajstić information content (AvgIpc) is 4.05. The predicted octanol–water partition coefficient (Wildman–Crippen LogP) is 15.4. The standard InChI is InChI=1S/C61H50BN2O2/c1-59(2,3)36-22-25-38(26-23-36)63-47-32-45-41(39-18-12-14-20-44(39)61(45,7)8)31-42(47)53-54-40-19-13-15-21-50(40)66-58(54)55-43-30-37(60(4,5)6)24-27-48(43)64-49-33-52-35(28-46(49)62-56(53)57(55)64)29-51(65-52)34-16-10-9-11-17-34/h9-33,63H,1-8H3. The van der Waals surface area contributed by atoms with Crippen LogP contribution in [0.3, 0.4) is 0 Å². The molecule has 3 aromatic heterocycles. The molecule has 11 aromatic rings. The molecular formula is C61H50BN2O2. The van der Waals surface area contributed by atoms with Crippen LogP contribution in [0.15, 0.2) is 160 Å². The van der Waals surface area contributed by atoms with E-state index in [1.165, 1.54) is 44.2 Å². The zero-order chi connectivity index (χ0) is 45.0. The molecule has 0 fully saturated rings. The van der Waals surface area contributed by atoms with Gasteiger partial charge in [0.05, 0.1) is 16.4 Å². The van der Waals surface area contributed by atoms with Crippen LogP contribution in [-0.2, 0) is 16.2 Å². The molecule has 8 aromatic carbocycles. The Kier molecular flexibility index (Phi) is 7.96. The number of anilines is 2. The fourth-order valence-electron chi connectivity index (χ4n) is 11.2. The van der Waals surface area contributed by atoms with Crippen LogP contribution >= 0.6 is 0 Å². The third kappa shape index (κ3) is 5.59. The van der Waals surface area contributed by atoms with E-state index in [9.17, 15) is 0 Å². The van der Waals surface area contributed by atoms with Gasteiger partial charge in [-0.15, -0.1) is 0 Å². The first kappa shape index (κ1) is 39.2. The van der Waals surface area contributed by atoms with Crippen LogP contribution in [0.4, 0.5) is 11.4 Å². The molecule has 319 valence electrons. The lowest BCUT2D eigenvalue weighted by atomic mass is 9.58. The lowest BCUT2D eigenvalue weighted by Crippen LogP contribution is -2.37. The number of furan rings is 2. The Morgan fingerprint density at radius 1 is 0.576 bits per heavy atom. The maximum absolute atomic E-state index is 7.23. The van der Waals surface area contributed by atoms with Crippen molar-refractivity contribution in [3.63, 3.8) is 0 Å². The Labute approximate surface area is 386 Å². The molecule has 4 heterocycles. The Morgan fingerprint density at radius 2 is 1.30 bits per heavy atom. The van der Waals surface area contributed by atoms with E-state index in [0.717, 1.165) is 94.3 Å². The van der Waals surface area contributed by atoms with E-state index in [2.05, 4.69) is 218 Å². The number of rotatable bonds is 4. The van der Waals surface area contributed by atoms with Gasteiger partial charge in [0.2, 0.25) is 0 Å². The second kappa shape index (κ2) is 13.4. The molecule has 2 aliphatic rings. The zero-order valence-electron chi connectivity index (χ0n) is 38.8. The number of aromatic nitrogens is 1. The van der Waals surface area contributed by atoms with Crippen LogP contribution in [0.25, 0.3) is 94.0 Å². The molecule has 1 radical (unpaired) electrons. The lowest BCUT2D eigenvalue weighted by Gasteiger charge is -2.26. The minimum absolute atomic E-state index is 0.0441. The Hall–Kier alpha value is -7.24. The Balaban J connectivity index is 1.17. The minimum atomic E-state index is -0.191. The number of para-hydroxylation sites is 1. The van der Waals surface area contributed by atoms with Gasteiger partial charge in [0.25, 0.3) is 0 Å². The average molecular weight is 854 g/mol. The van der Waals surface area contributed by atoms with E-state index in [1.807, 2.05) is 6.07 Å². The highest BCUT2D eigenvalue weighted by Gasteiger charge is 2.38. The monoisotopic (exact) mass is 853 g/mol. The highest BCUT2D eigenvalue weighted by molar-refractivity contribution is 6.74. The smallest absolute Gasteiger partial charge is 0.197 e. The molecule has 13 rings (SSSR count). The van der Waals surface area contributed by atoms with E-state index in [0.29, 0.717) is 0 Å². The van der Waals surface area contributed by atoms with E-state index in [-0.39, 0.29) is 16.2 Å². The number of nitrogens with zero attached hydrogens (tertiary/aromatic N) is 1. The molecule has 0 bridgehead atoms. The topological polar surface area (TPSA) is 43.2 Å². The van der Waals surface area contributed by atoms with Crippen molar-refractivity contribution in [1.82, 2.24) is 4.57 Å². The van der Waals surface area contributed by atoms with Crippen molar-refractivity contribution in [2.24, 2.45) is 0 Å². The first-order valence-corrected chi connectivity index (χ1v) is 23.3. The van der Waals surface area contributed by atoms with Gasteiger partial charge in [0, 0.05) is 61.2 Å². The second-order valence-electron chi connectivity index (χ2n) is 21.3. The number of hydrogen-bond donors (Lipinski definition) is 1. The largest absolute Gasteiger partial charge is 0.456 e. The fraction of sp³-hybridized carbons (Fsp3) is 0.180. The summed E-state index contributed by atoms with van der Waals surface area (Å²) in [6, 6.07) is 55.7. The SMILES string of the molecule is CC(C)(C)c1ccc(Nc2cc3c(cc2-c2c4c5c(c6cc(C(C)(C)C)ccc6n5-c5cc6oc(-c7ccccc7)cc6cc5[B]4)c4oc5ccccc5c24)-c2ccccc2C3(C)C)cc1. The van der Waals surface area contributed by atoms with Crippen molar-refractivity contribution in [2.45, 2.75) is 71.6 Å². The summed E-state index contributed by atoms with van der Waals surface area (Å²) in [6.45, 7) is 18.4.